The number of hydrogen-bond donors (Lipinski definition) is 1. The lowest BCUT2D eigenvalue weighted by Crippen LogP contribution is -2.49. The van der Waals surface area contributed by atoms with E-state index in [1.165, 1.54) is 45.3 Å². The summed E-state index contributed by atoms with van der Waals surface area (Å²) < 4.78 is 0. The summed E-state index contributed by atoms with van der Waals surface area (Å²) in [7, 11) is 0. The highest BCUT2D eigenvalue weighted by atomic mass is 15.2. The van der Waals surface area contributed by atoms with Crippen molar-refractivity contribution in [2.24, 2.45) is 11.8 Å². The Kier molecular flexibility index (Phi) is 7.25. The number of nitrogens with zero attached hydrogens (tertiary/aromatic N) is 1. The Morgan fingerprint density at radius 2 is 1.56 bits per heavy atom. The maximum absolute atomic E-state index is 3.65. The summed E-state index contributed by atoms with van der Waals surface area (Å²) in [4.78, 5) is 2.75. The third-order valence-corrected chi connectivity index (χ3v) is 4.14. The predicted molar refractivity (Wildman–Crippen MR) is 81.0 cm³/mol. The van der Waals surface area contributed by atoms with E-state index in [1.54, 1.807) is 0 Å². The highest BCUT2D eigenvalue weighted by Gasteiger charge is 2.23. The second kappa shape index (κ2) is 8.16. The Balaban J connectivity index is 2.42. The molecule has 0 bridgehead atoms. The third kappa shape index (κ3) is 6.19. The molecule has 2 heteroatoms. The summed E-state index contributed by atoms with van der Waals surface area (Å²) in [5.41, 5.74) is 0. The van der Waals surface area contributed by atoms with Crippen molar-refractivity contribution in [3.63, 3.8) is 0 Å². The smallest absolute Gasteiger partial charge is 0.0221 e. The fourth-order valence-corrected chi connectivity index (χ4v) is 2.62. The van der Waals surface area contributed by atoms with E-state index in [0.29, 0.717) is 0 Å². The van der Waals surface area contributed by atoms with Crippen LogP contribution in [-0.2, 0) is 0 Å². The van der Waals surface area contributed by atoms with Gasteiger partial charge in [0.2, 0.25) is 0 Å². The lowest BCUT2D eigenvalue weighted by Gasteiger charge is -2.37. The highest BCUT2D eigenvalue weighted by molar-refractivity contribution is 4.82. The quantitative estimate of drug-likeness (QED) is 0.748. The van der Waals surface area contributed by atoms with Crippen molar-refractivity contribution in [1.29, 1.82) is 0 Å². The molecule has 2 unspecified atom stereocenters. The van der Waals surface area contributed by atoms with Crippen LogP contribution in [0.5, 0.6) is 0 Å². The van der Waals surface area contributed by atoms with Gasteiger partial charge in [-0.15, -0.1) is 0 Å². The van der Waals surface area contributed by atoms with Gasteiger partial charge in [0.25, 0.3) is 0 Å². The molecule has 1 heterocycles. The first-order chi connectivity index (χ1) is 8.49. The van der Waals surface area contributed by atoms with E-state index in [2.05, 4.69) is 44.8 Å². The van der Waals surface area contributed by atoms with Gasteiger partial charge in [-0.2, -0.15) is 0 Å². The molecule has 1 rings (SSSR count). The summed E-state index contributed by atoms with van der Waals surface area (Å²) in [6.45, 7) is 15.4. The first-order valence-corrected chi connectivity index (χ1v) is 7.96. The summed E-state index contributed by atoms with van der Waals surface area (Å²) >= 11 is 0. The molecule has 1 aliphatic heterocycles. The molecular formula is C16H34N2. The maximum Gasteiger partial charge on any atom is 0.0221 e. The second-order valence-corrected chi connectivity index (χ2v) is 6.94. The lowest BCUT2D eigenvalue weighted by atomic mass is 9.99. The number of piperidine rings is 1. The van der Waals surface area contributed by atoms with Gasteiger partial charge in [-0.3, -0.25) is 4.90 Å². The molecule has 0 aromatic heterocycles. The van der Waals surface area contributed by atoms with Crippen molar-refractivity contribution < 1.29 is 0 Å². The number of rotatable bonds is 7. The standard InChI is InChI=1S/C16H34N2/c1-13(2)8-10-18(11-9-14(3)4)16-7-6-15(5)17-12-16/h13-17H,6-12H2,1-5H3. The van der Waals surface area contributed by atoms with Crippen LogP contribution in [-0.4, -0.2) is 36.6 Å². The van der Waals surface area contributed by atoms with Gasteiger partial charge in [0.05, 0.1) is 0 Å². The molecular weight excluding hydrogens is 220 g/mol. The molecule has 0 aromatic rings. The van der Waals surface area contributed by atoms with E-state index >= 15 is 0 Å². The van der Waals surface area contributed by atoms with Crippen LogP contribution in [0, 0.1) is 11.8 Å². The molecule has 2 nitrogen and oxygen atoms in total. The first kappa shape index (κ1) is 16.0. The highest BCUT2D eigenvalue weighted by Crippen LogP contribution is 2.17. The molecule has 1 N–H and O–H groups in total. The average Bonchev–Trinajstić information content (AvgIpc) is 2.30. The zero-order valence-electron chi connectivity index (χ0n) is 13.2. The van der Waals surface area contributed by atoms with Gasteiger partial charge in [0, 0.05) is 18.6 Å². The van der Waals surface area contributed by atoms with Crippen LogP contribution in [0.15, 0.2) is 0 Å². The van der Waals surface area contributed by atoms with E-state index in [-0.39, 0.29) is 0 Å². The van der Waals surface area contributed by atoms with Crippen LogP contribution >= 0.6 is 0 Å². The Labute approximate surface area is 115 Å². The molecule has 18 heavy (non-hydrogen) atoms. The van der Waals surface area contributed by atoms with Crippen LogP contribution in [0.4, 0.5) is 0 Å². The maximum atomic E-state index is 3.65. The van der Waals surface area contributed by atoms with Crippen molar-refractivity contribution in [2.45, 2.75) is 72.4 Å². The summed E-state index contributed by atoms with van der Waals surface area (Å²) in [5, 5.41) is 3.65. The molecule has 0 aromatic carbocycles. The zero-order chi connectivity index (χ0) is 13.5. The molecule has 1 saturated heterocycles. The van der Waals surface area contributed by atoms with E-state index in [4.69, 9.17) is 0 Å². The van der Waals surface area contributed by atoms with E-state index in [0.717, 1.165) is 23.9 Å². The summed E-state index contributed by atoms with van der Waals surface area (Å²) in [6.07, 6.45) is 5.39. The van der Waals surface area contributed by atoms with Crippen molar-refractivity contribution >= 4 is 0 Å². The van der Waals surface area contributed by atoms with Crippen molar-refractivity contribution in [1.82, 2.24) is 10.2 Å². The van der Waals surface area contributed by atoms with Gasteiger partial charge >= 0.3 is 0 Å². The molecule has 0 radical (unpaired) electrons. The fraction of sp³-hybridized carbons (Fsp3) is 1.00. The molecule has 0 amide bonds. The SMILES string of the molecule is CC(C)CCN(CCC(C)C)C1CCC(C)NC1. The van der Waals surface area contributed by atoms with Gasteiger partial charge in [-0.25, -0.2) is 0 Å². The normalized spacial score (nSPS) is 25.3. The third-order valence-electron chi connectivity index (χ3n) is 4.14. The van der Waals surface area contributed by atoms with Crippen LogP contribution in [0.2, 0.25) is 0 Å². The second-order valence-electron chi connectivity index (χ2n) is 6.94. The van der Waals surface area contributed by atoms with E-state index in [9.17, 15) is 0 Å². The molecule has 0 aliphatic carbocycles. The van der Waals surface area contributed by atoms with Gasteiger partial charge in [-0.1, -0.05) is 27.7 Å². The minimum atomic E-state index is 0.721. The van der Waals surface area contributed by atoms with Gasteiger partial charge in [0.1, 0.15) is 0 Å². The Bertz CT molecular complexity index is 193. The van der Waals surface area contributed by atoms with E-state index < -0.39 is 0 Å². The lowest BCUT2D eigenvalue weighted by molar-refractivity contribution is 0.140. The van der Waals surface area contributed by atoms with Gasteiger partial charge < -0.3 is 5.32 Å². The molecule has 0 spiro atoms. The average molecular weight is 254 g/mol. The molecule has 0 saturated carbocycles. The van der Waals surface area contributed by atoms with E-state index in [1.807, 2.05) is 0 Å². The van der Waals surface area contributed by atoms with Crippen LogP contribution in [0.1, 0.15) is 60.3 Å². The Hall–Kier alpha value is -0.0800. The van der Waals surface area contributed by atoms with Crippen molar-refractivity contribution in [3.05, 3.63) is 0 Å². The van der Waals surface area contributed by atoms with Crippen molar-refractivity contribution in [2.75, 3.05) is 19.6 Å². The Morgan fingerprint density at radius 1 is 1.00 bits per heavy atom. The largest absolute Gasteiger partial charge is 0.313 e. The monoisotopic (exact) mass is 254 g/mol. The number of nitrogens with one attached hydrogen (secondary N) is 1. The van der Waals surface area contributed by atoms with Gasteiger partial charge in [0.15, 0.2) is 0 Å². The topological polar surface area (TPSA) is 15.3 Å². The summed E-state index contributed by atoms with van der Waals surface area (Å²) in [6, 6.07) is 1.50. The first-order valence-electron chi connectivity index (χ1n) is 7.96. The summed E-state index contributed by atoms with van der Waals surface area (Å²) in [5.74, 6) is 1.64. The Morgan fingerprint density at radius 3 is 1.94 bits per heavy atom. The number of hydrogen-bond acceptors (Lipinski definition) is 2. The van der Waals surface area contributed by atoms with Crippen LogP contribution in [0.25, 0.3) is 0 Å². The van der Waals surface area contributed by atoms with Crippen molar-refractivity contribution in [3.8, 4) is 0 Å². The fourth-order valence-electron chi connectivity index (χ4n) is 2.62. The molecule has 108 valence electrons. The zero-order valence-corrected chi connectivity index (χ0v) is 13.2. The minimum absolute atomic E-state index is 0.721. The van der Waals surface area contributed by atoms with Crippen LogP contribution in [0.3, 0.4) is 0 Å². The molecule has 1 aliphatic rings. The molecule has 1 fully saturated rings. The molecule has 2 atom stereocenters. The predicted octanol–water partition coefficient (Wildman–Crippen LogP) is 3.52. The van der Waals surface area contributed by atoms with Crippen LogP contribution < -0.4 is 5.32 Å². The minimum Gasteiger partial charge on any atom is -0.313 e. The van der Waals surface area contributed by atoms with Gasteiger partial charge in [-0.05, 0) is 57.5 Å².